The smallest absolute Gasteiger partial charge is 0.339 e. The minimum Gasteiger partial charge on any atom is -0.462 e. The van der Waals surface area contributed by atoms with E-state index in [1.807, 2.05) is 4.89 Å². The molecule has 0 bridgehead atoms. The van der Waals surface area contributed by atoms with Gasteiger partial charge in [-0.2, -0.15) is 0 Å². The van der Waals surface area contributed by atoms with Gasteiger partial charge in [-0.05, 0) is 19.1 Å². The van der Waals surface area contributed by atoms with E-state index in [0.717, 1.165) is 0 Å². The molecule has 0 heterocycles. The predicted octanol–water partition coefficient (Wildman–Crippen LogP) is 0.703. The molecule has 0 aromatic heterocycles. The monoisotopic (exact) mass is 259 g/mol. The van der Waals surface area contributed by atoms with Crippen LogP contribution in [0.5, 0.6) is 0 Å². The van der Waals surface area contributed by atoms with Gasteiger partial charge in [-0.3, -0.25) is 4.84 Å². The molecule has 0 spiro atoms. The Kier molecular flexibility index (Phi) is 4.62. The van der Waals surface area contributed by atoms with Gasteiger partial charge in [0.15, 0.2) is 0 Å². The summed E-state index contributed by atoms with van der Waals surface area (Å²) in [5.41, 5.74) is -0.0288. The molecule has 0 saturated carbocycles. The number of carbonyl (C=O) groups excluding carboxylic acids is 1. The normalized spacial score (nSPS) is 11.2. The topological polar surface area (TPSA) is 81.7 Å². The maximum atomic E-state index is 11.7. The quantitative estimate of drug-likeness (QED) is 0.622. The molecule has 94 valence electrons. The molecular weight excluding hydrogens is 246 g/mol. The Morgan fingerprint density at radius 3 is 2.59 bits per heavy atom. The molecule has 1 aromatic carbocycles. The molecule has 0 atom stereocenters. The number of benzene rings is 1. The molecule has 0 aliphatic rings. The molecule has 1 aromatic rings. The highest BCUT2D eigenvalue weighted by Crippen LogP contribution is 2.16. The molecule has 17 heavy (non-hydrogen) atoms. The first-order chi connectivity index (χ1) is 8.03. The largest absolute Gasteiger partial charge is 0.462 e. The van der Waals surface area contributed by atoms with Crippen LogP contribution < -0.4 is 4.89 Å². The molecule has 0 aliphatic carbocycles. The van der Waals surface area contributed by atoms with E-state index >= 15 is 0 Å². The standard InChI is InChI=1S/C10H13NO5S/c1-3-16-10(12)8-6-4-5-7-9(8)17(13,14)11-15-2/h4-7,11H,3H2,1-2H3. The Labute approximate surface area is 99.5 Å². The Morgan fingerprint density at radius 1 is 1.35 bits per heavy atom. The maximum Gasteiger partial charge on any atom is 0.339 e. The Bertz CT molecular complexity index is 497. The van der Waals surface area contributed by atoms with Gasteiger partial charge in [0.05, 0.1) is 24.2 Å². The van der Waals surface area contributed by atoms with Crippen molar-refractivity contribution in [1.82, 2.24) is 4.89 Å². The average molecular weight is 259 g/mol. The van der Waals surface area contributed by atoms with E-state index in [9.17, 15) is 13.2 Å². The second-order valence-electron chi connectivity index (χ2n) is 3.01. The third kappa shape index (κ3) is 3.26. The zero-order valence-electron chi connectivity index (χ0n) is 9.47. The highest BCUT2D eigenvalue weighted by atomic mass is 32.2. The van der Waals surface area contributed by atoms with Crippen molar-refractivity contribution in [3.63, 3.8) is 0 Å². The molecule has 0 amide bonds. The summed E-state index contributed by atoms with van der Waals surface area (Å²) in [4.78, 5) is 17.6. The second kappa shape index (κ2) is 5.76. The van der Waals surface area contributed by atoms with Gasteiger partial charge in [0.25, 0.3) is 10.0 Å². The minimum atomic E-state index is -3.88. The summed E-state index contributed by atoms with van der Waals surface area (Å²) in [6.45, 7) is 1.81. The van der Waals surface area contributed by atoms with E-state index in [-0.39, 0.29) is 17.1 Å². The van der Waals surface area contributed by atoms with E-state index in [0.29, 0.717) is 0 Å². The summed E-state index contributed by atoms with van der Waals surface area (Å²) in [7, 11) is -2.71. The van der Waals surface area contributed by atoms with Gasteiger partial charge >= 0.3 is 5.97 Å². The van der Waals surface area contributed by atoms with Crippen molar-refractivity contribution in [1.29, 1.82) is 0 Å². The van der Waals surface area contributed by atoms with Gasteiger partial charge < -0.3 is 4.74 Å². The van der Waals surface area contributed by atoms with Crippen molar-refractivity contribution in [2.24, 2.45) is 0 Å². The summed E-state index contributed by atoms with van der Waals surface area (Å²) in [6.07, 6.45) is 0. The first-order valence-electron chi connectivity index (χ1n) is 4.84. The molecule has 0 saturated heterocycles. The molecule has 0 fully saturated rings. The summed E-state index contributed by atoms with van der Waals surface area (Å²) in [6, 6.07) is 5.74. The first-order valence-corrected chi connectivity index (χ1v) is 6.32. The number of hydrogen-bond donors (Lipinski definition) is 1. The zero-order valence-corrected chi connectivity index (χ0v) is 10.3. The molecule has 0 aliphatic heterocycles. The summed E-state index contributed by atoms with van der Waals surface area (Å²) in [5, 5.41) is 0. The molecule has 1 N–H and O–H groups in total. The van der Waals surface area contributed by atoms with Crippen LogP contribution in [0.1, 0.15) is 17.3 Å². The fourth-order valence-corrected chi connectivity index (χ4v) is 2.24. The second-order valence-corrected chi connectivity index (χ2v) is 4.62. The van der Waals surface area contributed by atoms with Gasteiger partial charge in [0, 0.05) is 0 Å². The number of hydrogen-bond acceptors (Lipinski definition) is 5. The van der Waals surface area contributed by atoms with Gasteiger partial charge in [0.1, 0.15) is 0 Å². The van der Waals surface area contributed by atoms with Gasteiger partial charge in [0.2, 0.25) is 0 Å². The summed E-state index contributed by atoms with van der Waals surface area (Å²) < 4.78 is 28.2. The predicted molar refractivity (Wildman–Crippen MR) is 59.7 cm³/mol. The molecule has 1 rings (SSSR count). The van der Waals surface area contributed by atoms with E-state index in [4.69, 9.17) is 4.74 Å². The summed E-state index contributed by atoms with van der Waals surface area (Å²) >= 11 is 0. The van der Waals surface area contributed by atoms with Crippen molar-refractivity contribution in [3.8, 4) is 0 Å². The van der Waals surface area contributed by atoms with Crippen LogP contribution in [0.2, 0.25) is 0 Å². The van der Waals surface area contributed by atoms with Crippen LogP contribution in [-0.2, 0) is 19.6 Å². The Hall–Kier alpha value is -1.44. The fraction of sp³-hybridized carbons (Fsp3) is 0.300. The van der Waals surface area contributed by atoms with Crippen LogP contribution in [0.15, 0.2) is 29.2 Å². The lowest BCUT2D eigenvalue weighted by Gasteiger charge is -2.09. The van der Waals surface area contributed by atoms with E-state index < -0.39 is 16.0 Å². The number of rotatable bonds is 5. The van der Waals surface area contributed by atoms with Crippen LogP contribution >= 0.6 is 0 Å². The molecule has 0 radical (unpaired) electrons. The first kappa shape index (κ1) is 13.6. The lowest BCUT2D eigenvalue weighted by Crippen LogP contribution is -2.24. The Balaban J connectivity index is 3.21. The highest BCUT2D eigenvalue weighted by Gasteiger charge is 2.22. The van der Waals surface area contributed by atoms with Crippen LogP contribution in [0.3, 0.4) is 0 Å². The molecule has 0 unspecified atom stereocenters. The third-order valence-electron chi connectivity index (χ3n) is 1.86. The van der Waals surface area contributed by atoms with E-state index in [1.165, 1.54) is 25.3 Å². The van der Waals surface area contributed by atoms with Crippen molar-refractivity contribution in [3.05, 3.63) is 29.8 Å². The maximum absolute atomic E-state index is 11.7. The highest BCUT2D eigenvalue weighted by molar-refractivity contribution is 7.89. The minimum absolute atomic E-state index is 0.0288. The molecular formula is C10H13NO5S. The van der Waals surface area contributed by atoms with Crippen molar-refractivity contribution in [2.45, 2.75) is 11.8 Å². The van der Waals surface area contributed by atoms with Crippen LogP contribution in [-0.4, -0.2) is 28.1 Å². The fourth-order valence-electron chi connectivity index (χ4n) is 1.23. The summed E-state index contributed by atoms with van der Waals surface area (Å²) in [5.74, 6) is -0.690. The number of esters is 1. The Morgan fingerprint density at radius 2 is 2.00 bits per heavy atom. The third-order valence-corrected chi connectivity index (χ3v) is 3.19. The SMILES string of the molecule is CCOC(=O)c1ccccc1S(=O)(=O)NOC. The van der Waals surface area contributed by atoms with Gasteiger partial charge in [-0.15, -0.1) is 0 Å². The van der Waals surface area contributed by atoms with Crippen molar-refractivity contribution in [2.75, 3.05) is 13.7 Å². The lowest BCUT2D eigenvalue weighted by molar-refractivity contribution is 0.0521. The number of carbonyl (C=O) groups is 1. The van der Waals surface area contributed by atoms with Gasteiger partial charge in [-0.25, -0.2) is 13.2 Å². The lowest BCUT2D eigenvalue weighted by atomic mass is 10.2. The number of nitrogens with one attached hydrogen (secondary N) is 1. The van der Waals surface area contributed by atoms with Crippen LogP contribution in [0, 0.1) is 0 Å². The van der Waals surface area contributed by atoms with E-state index in [1.54, 1.807) is 13.0 Å². The zero-order chi connectivity index (χ0) is 12.9. The number of ether oxygens (including phenoxy) is 1. The van der Waals surface area contributed by atoms with Crippen molar-refractivity contribution >= 4 is 16.0 Å². The van der Waals surface area contributed by atoms with Crippen LogP contribution in [0.4, 0.5) is 0 Å². The van der Waals surface area contributed by atoms with Crippen LogP contribution in [0.25, 0.3) is 0 Å². The van der Waals surface area contributed by atoms with E-state index in [2.05, 4.69) is 4.84 Å². The van der Waals surface area contributed by atoms with Crippen molar-refractivity contribution < 1.29 is 22.8 Å². The molecule has 7 heteroatoms. The average Bonchev–Trinajstić information content (AvgIpc) is 2.29. The van der Waals surface area contributed by atoms with Gasteiger partial charge in [-0.1, -0.05) is 17.0 Å². The number of sulfonamides is 1. The molecule has 6 nitrogen and oxygen atoms in total.